The van der Waals surface area contributed by atoms with Crippen molar-refractivity contribution < 1.29 is 29.6 Å². The second-order valence-electron chi connectivity index (χ2n) is 9.53. The number of hydrogen-bond donors (Lipinski definition) is 4. The van der Waals surface area contributed by atoms with E-state index in [0.717, 1.165) is 22.3 Å². The number of hydrogen-bond acceptors (Lipinski definition) is 8. The average molecular weight is 543 g/mol. The van der Waals surface area contributed by atoms with Crippen molar-refractivity contribution >= 4 is 17.7 Å². The molecule has 3 rings (SSSR count). The Kier molecular flexibility index (Phi) is 11.5. The Balaban J connectivity index is 1.53. The fourth-order valence-electron chi connectivity index (χ4n) is 4.27. The lowest BCUT2D eigenvalue weighted by Crippen LogP contribution is -2.52. The first kappa shape index (κ1) is 30.0. The molecule has 9 heteroatoms. The molecule has 1 saturated heterocycles. The van der Waals surface area contributed by atoms with Crippen molar-refractivity contribution in [1.82, 2.24) is 10.2 Å². The van der Waals surface area contributed by atoms with E-state index in [-0.39, 0.29) is 18.9 Å². The van der Waals surface area contributed by atoms with Crippen LogP contribution < -0.4 is 10.1 Å². The van der Waals surface area contributed by atoms with Crippen LogP contribution in [0.25, 0.3) is 0 Å². The number of thioether (sulfide) groups is 1. The number of benzene rings is 2. The van der Waals surface area contributed by atoms with Gasteiger partial charge in [-0.05, 0) is 61.0 Å². The first-order valence-corrected chi connectivity index (χ1v) is 13.9. The molecule has 1 amide bonds. The maximum Gasteiger partial charge on any atom is 0.223 e. The molecule has 2 aromatic rings. The maximum absolute atomic E-state index is 12.0. The van der Waals surface area contributed by atoms with E-state index in [1.54, 1.807) is 6.26 Å². The third-order valence-corrected chi connectivity index (χ3v) is 7.45. The fourth-order valence-corrected chi connectivity index (χ4v) is 4.94. The lowest BCUT2D eigenvalue weighted by atomic mass is 9.91. The van der Waals surface area contributed by atoms with Crippen molar-refractivity contribution in [2.24, 2.45) is 0 Å². The van der Waals surface area contributed by atoms with Crippen LogP contribution in [-0.4, -0.2) is 89.4 Å². The number of aliphatic hydroxyl groups is 3. The molecule has 5 atom stereocenters. The van der Waals surface area contributed by atoms with Crippen LogP contribution in [0.4, 0.5) is 0 Å². The molecular formula is C29H38N2O6S. The number of carbonyl (C=O) groups excluding carboxylic acids is 1. The smallest absolute Gasteiger partial charge is 0.223 e. The molecule has 0 radical (unpaired) electrons. The predicted octanol–water partition coefficient (Wildman–Crippen LogP) is 1.88. The third-order valence-electron chi connectivity index (χ3n) is 6.60. The van der Waals surface area contributed by atoms with Crippen LogP contribution >= 0.6 is 11.8 Å². The standard InChI is InChI=1S/C29H38N2O6S/c1-5-14-31(3)15-13-30-24(32)12-16-36-23-10-7-20(8-11-23)17-22-18-21(9-6-19(22)2)28-26(34)25(33)27(35)29(37-28)38-4/h1,6-11,18,25-29,33-35H,12-17H2,2-4H3,(H,30,32)/t25-,26-,27+,28+,29-/m1/s1. The zero-order chi connectivity index (χ0) is 27.7. The highest BCUT2D eigenvalue weighted by Gasteiger charge is 2.44. The fraction of sp³-hybridized carbons (Fsp3) is 0.483. The molecule has 2 aromatic carbocycles. The summed E-state index contributed by atoms with van der Waals surface area (Å²) in [5.74, 6) is 3.19. The molecule has 206 valence electrons. The highest BCUT2D eigenvalue weighted by molar-refractivity contribution is 7.99. The van der Waals surface area contributed by atoms with Crippen LogP contribution in [0.2, 0.25) is 0 Å². The highest BCUT2D eigenvalue weighted by Crippen LogP contribution is 2.36. The van der Waals surface area contributed by atoms with Gasteiger partial charge < -0.3 is 30.1 Å². The van der Waals surface area contributed by atoms with Crippen LogP contribution in [0.5, 0.6) is 5.75 Å². The Labute approximate surface area is 229 Å². The van der Waals surface area contributed by atoms with Gasteiger partial charge in [-0.3, -0.25) is 9.69 Å². The Morgan fingerprint density at radius 1 is 1.16 bits per heavy atom. The van der Waals surface area contributed by atoms with Gasteiger partial charge in [0.2, 0.25) is 5.91 Å². The summed E-state index contributed by atoms with van der Waals surface area (Å²) in [5, 5.41) is 33.9. The van der Waals surface area contributed by atoms with Gasteiger partial charge in [-0.15, -0.1) is 18.2 Å². The third kappa shape index (κ3) is 8.21. The van der Waals surface area contributed by atoms with Crippen molar-refractivity contribution in [2.45, 2.75) is 49.6 Å². The lowest BCUT2D eigenvalue weighted by molar-refractivity contribution is -0.200. The van der Waals surface area contributed by atoms with Gasteiger partial charge in [-0.1, -0.05) is 36.3 Å². The Bertz CT molecular complexity index is 1090. The minimum absolute atomic E-state index is 0.0657. The van der Waals surface area contributed by atoms with Crippen molar-refractivity contribution in [3.63, 3.8) is 0 Å². The largest absolute Gasteiger partial charge is 0.493 e. The molecule has 4 N–H and O–H groups in total. The summed E-state index contributed by atoms with van der Waals surface area (Å²) in [5.41, 5.74) is 3.37. The summed E-state index contributed by atoms with van der Waals surface area (Å²) >= 11 is 1.30. The topological polar surface area (TPSA) is 111 Å². The van der Waals surface area contributed by atoms with Gasteiger partial charge in [0.15, 0.2) is 0 Å². The summed E-state index contributed by atoms with van der Waals surface area (Å²) in [4.78, 5) is 13.9. The second-order valence-corrected chi connectivity index (χ2v) is 10.5. The van der Waals surface area contributed by atoms with Crippen LogP contribution in [-0.2, 0) is 16.0 Å². The van der Waals surface area contributed by atoms with Crippen molar-refractivity contribution in [3.8, 4) is 18.1 Å². The number of nitrogens with one attached hydrogen (secondary N) is 1. The van der Waals surface area contributed by atoms with Crippen molar-refractivity contribution in [2.75, 3.05) is 39.5 Å². The molecule has 1 aliphatic rings. The lowest BCUT2D eigenvalue weighted by Gasteiger charge is -2.40. The number of rotatable bonds is 12. The number of aliphatic hydroxyl groups excluding tert-OH is 3. The number of terminal acetylenes is 1. The van der Waals surface area contributed by atoms with E-state index in [0.29, 0.717) is 31.8 Å². The molecule has 1 heterocycles. The quantitative estimate of drug-likeness (QED) is 0.301. The minimum atomic E-state index is -1.28. The summed E-state index contributed by atoms with van der Waals surface area (Å²) in [7, 11) is 1.91. The molecule has 0 bridgehead atoms. The van der Waals surface area contributed by atoms with Gasteiger partial charge in [0.1, 0.15) is 35.6 Å². The second kappa shape index (κ2) is 14.5. The van der Waals surface area contributed by atoms with Gasteiger partial charge in [-0.2, -0.15) is 0 Å². The molecule has 38 heavy (non-hydrogen) atoms. The van der Waals surface area contributed by atoms with E-state index in [2.05, 4.69) is 11.2 Å². The van der Waals surface area contributed by atoms with E-state index in [1.807, 2.05) is 61.3 Å². The molecule has 1 aliphatic heterocycles. The van der Waals surface area contributed by atoms with Gasteiger partial charge in [0.05, 0.1) is 19.6 Å². The number of likely N-dealkylation sites (N-methyl/N-ethyl adjacent to an activating group) is 1. The van der Waals surface area contributed by atoms with E-state index in [9.17, 15) is 20.1 Å². The Morgan fingerprint density at radius 2 is 1.89 bits per heavy atom. The summed E-state index contributed by atoms with van der Waals surface area (Å²) < 4.78 is 11.7. The minimum Gasteiger partial charge on any atom is -0.493 e. The highest BCUT2D eigenvalue weighted by atomic mass is 32.2. The zero-order valence-electron chi connectivity index (χ0n) is 22.2. The zero-order valence-corrected chi connectivity index (χ0v) is 23.0. The van der Waals surface area contributed by atoms with E-state index < -0.39 is 29.9 Å². The SMILES string of the molecule is C#CCN(C)CCNC(=O)CCOc1ccc(Cc2cc([C@@H]3O[C@H](SC)[C@@H](O)[C@H](O)[C@H]3O)ccc2C)cc1. The van der Waals surface area contributed by atoms with E-state index >= 15 is 0 Å². The number of aryl methyl sites for hydroxylation is 1. The Morgan fingerprint density at radius 3 is 2.58 bits per heavy atom. The van der Waals surface area contributed by atoms with E-state index in [1.165, 1.54) is 11.8 Å². The van der Waals surface area contributed by atoms with Crippen LogP contribution in [0.3, 0.4) is 0 Å². The number of nitrogens with zero attached hydrogens (tertiary/aromatic N) is 1. The number of carbonyl (C=O) groups is 1. The molecule has 0 spiro atoms. The average Bonchev–Trinajstić information content (AvgIpc) is 2.90. The van der Waals surface area contributed by atoms with Crippen LogP contribution in [0.1, 0.15) is 34.8 Å². The first-order valence-electron chi connectivity index (χ1n) is 12.7. The molecular weight excluding hydrogens is 504 g/mol. The van der Waals surface area contributed by atoms with Crippen molar-refractivity contribution in [3.05, 3.63) is 64.7 Å². The monoisotopic (exact) mass is 542 g/mol. The molecule has 0 aliphatic carbocycles. The maximum atomic E-state index is 12.0. The first-order chi connectivity index (χ1) is 18.2. The van der Waals surface area contributed by atoms with E-state index in [4.69, 9.17) is 15.9 Å². The molecule has 0 aromatic heterocycles. The molecule has 0 saturated carbocycles. The summed E-state index contributed by atoms with van der Waals surface area (Å²) in [6, 6.07) is 13.6. The molecule has 0 unspecified atom stereocenters. The summed E-state index contributed by atoms with van der Waals surface area (Å²) in [6.45, 7) is 4.09. The van der Waals surface area contributed by atoms with Crippen LogP contribution in [0, 0.1) is 19.3 Å². The Hall–Kier alpha value is -2.58. The number of ether oxygens (including phenoxy) is 2. The number of amides is 1. The predicted molar refractivity (Wildman–Crippen MR) is 149 cm³/mol. The van der Waals surface area contributed by atoms with Gasteiger partial charge in [-0.25, -0.2) is 0 Å². The molecule has 1 fully saturated rings. The van der Waals surface area contributed by atoms with Crippen molar-refractivity contribution in [1.29, 1.82) is 0 Å². The van der Waals surface area contributed by atoms with Gasteiger partial charge in [0, 0.05) is 13.1 Å². The molecule has 8 nitrogen and oxygen atoms in total. The van der Waals surface area contributed by atoms with Gasteiger partial charge >= 0.3 is 0 Å². The van der Waals surface area contributed by atoms with Gasteiger partial charge in [0.25, 0.3) is 0 Å². The normalized spacial score (nSPS) is 23.2. The summed E-state index contributed by atoms with van der Waals surface area (Å²) in [6.07, 6.45) is 3.60. The van der Waals surface area contributed by atoms with Crippen LogP contribution in [0.15, 0.2) is 42.5 Å².